The topological polar surface area (TPSA) is 62.7 Å². The van der Waals surface area contributed by atoms with E-state index in [0.29, 0.717) is 27.5 Å². The Bertz CT molecular complexity index is 576. The molecule has 86 valence electrons. The lowest BCUT2D eigenvalue weighted by Crippen LogP contribution is -1.84. The van der Waals surface area contributed by atoms with Gasteiger partial charge in [0.25, 0.3) is 5.22 Å². The molecule has 0 fully saturated rings. The zero-order valence-corrected chi connectivity index (χ0v) is 10.5. The van der Waals surface area contributed by atoms with E-state index < -0.39 is 0 Å². The quantitative estimate of drug-likeness (QED) is 0.798. The summed E-state index contributed by atoms with van der Waals surface area (Å²) < 4.78 is 5.24. The van der Waals surface area contributed by atoms with Crippen LogP contribution in [-0.4, -0.2) is 10.2 Å². The Morgan fingerprint density at radius 2 is 2.29 bits per heavy atom. The van der Waals surface area contributed by atoms with Crippen molar-refractivity contribution in [2.24, 2.45) is 0 Å². The number of hydrogen-bond donors (Lipinski definition) is 0. The van der Waals surface area contributed by atoms with Gasteiger partial charge < -0.3 is 4.42 Å². The van der Waals surface area contributed by atoms with Gasteiger partial charge in [-0.3, -0.25) is 0 Å². The van der Waals surface area contributed by atoms with Crippen molar-refractivity contribution in [3.8, 4) is 6.07 Å². The van der Waals surface area contributed by atoms with Gasteiger partial charge in [-0.25, -0.2) is 0 Å². The van der Waals surface area contributed by atoms with Crippen molar-refractivity contribution in [3.05, 3.63) is 40.2 Å². The zero-order valence-electron chi connectivity index (χ0n) is 8.98. The minimum atomic E-state index is 0.517. The number of hydrogen-bond acceptors (Lipinski definition) is 5. The van der Waals surface area contributed by atoms with Crippen LogP contribution in [0.25, 0.3) is 0 Å². The van der Waals surface area contributed by atoms with E-state index in [-0.39, 0.29) is 0 Å². The molecule has 0 aliphatic carbocycles. The van der Waals surface area contributed by atoms with Gasteiger partial charge in [0.05, 0.1) is 11.6 Å². The van der Waals surface area contributed by atoms with Crippen LogP contribution in [0.1, 0.15) is 17.0 Å². The van der Waals surface area contributed by atoms with Crippen LogP contribution < -0.4 is 0 Å². The van der Waals surface area contributed by atoms with E-state index in [2.05, 4.69) is 10.2 Å². The van der Waals surface area contributed by atoms with Crippen molar-refractivity contribution in [1.29, 1.82) is 5.26 Å². The van der Waals surface area contributed by atoms with E-state index in [9.17, 15) is 0 Å². The molecule has 0 bridgehead atoms. The number of nitrogens with zero attached hydrogens (tertiary/aromatic N) is 3. The highest BCUT2D eigenvalue weighted by molar-refractivity contribution is 7.98. The smallest absolute Gasteiger partial charge is 0.276 e. The first-order valence-electron chi connectivity index (χ1n) is 4.80. The van der Waals surface area contributed by atoms with E-state index in [1.165, 1.54) is 11.8 Å². The van der Waals surface area contributed by atoms with E-state index in [1.807, 2.05) is 12.1 Å². The second kappa shape index (κ2) is 5.21. The highest BCUT2D eigenvalue weighted by Gasteiger charge is 2.06. The monoisotopic (exact) mass is 265 g/mol. The van der Waals surface area contributed by atoms with Crippen molar-refractivity contribution in [2.75, 3.05) is 0 Å². The molecule has 4 nitrogen and oxygen atoms in total. The van der Waals surface area contributed by atoms with Crippen LogP contribution in [0.15, 0.2) is 27.8 Å². The fraction of sp³-hybridized carbons (Fsp3) is 0.182. The minimum absolute atomic E-state index is 0.517. The Kier molecular flexibility index (Phi) is 3.67. The van der Waals surface area contributed by atoms with Crippen LogP contribution in [0.2, 0.25) is 5.02 Å². The Morgan fingerprint density at radius 3 is 2.88 bits per heavy atom. The minimum Gasteiger partial charge on any atom is -0.416 e. The third-order valence-corrected chi connectivity index (χ3v) is 3.26. The Morgan fingerprint density at radius 1 is 1.47 bits per heavy atom. The zero-order chi connectivity index (χ0) is 12.3. The first-order chi connectivity index (χ1) is 8.19. The average Bonchev–Trinajstić information content (AvgIpc) is 2.73. The maximum atomic E-state index is 8.72. The molecular weight excluding hydrogens is 258 g/mol. The molecule has 1 heterocycles. The van der Waals surface area contributed by atoms with Gasteiger partial charge in [0, 0.05) is 17.7 Å². The van der Waals surface area contributed by atoms with Crippen LogP contribution in [0.5, 0.6) is 0 Å². The van der Waals surface area contributed by atoms with E-state index >= 15 is 0 Å². The summed E-state index contributed by atoms with van der Waals surface area (Å²) in [5.41, 5.74) is 1.49. The maximum Gasteiger partial charge on any atom is 0.276 e. The summed E-state index contributed by atoms with van der Waals surface area (Å²) in [6.07, 6.45) is 0. The maximum absolute atomic E-state index is 8.72. The number of nitriles is 1. The number of halogens is 1. The van der Waals surface area contributed by atoms with Crippen molar-refractivity contribution in [1.82, 2.24) is 10.2 Å². The normalized spacial score (nSPS) is 10.2. The van der Waals surface area contributed by atoms with Gasteiger partial charge >= 0.3 is 0 Å². The van der Waals surface area contributed by atoms with Crippen LogP contribution in [0.4, 0.5) is 0 Å². The van der Waals surface area contributed by atoms with Gasteiger partial charge in [-0.2, -0.15) is 5.26 Å². The average molecular weight is 266 g/mol. The van der Waals surface area contributed by atoms with E-state index in [4.69, 9.17) is 21.3 Å². The molecule has 1 aromatic carbocycles. The summed E-state index contributed by atoms with van der Waals surface area (Å²) in [6, 6.07) is 7.26. The molecule has 0 unspecified atom stereocenters. The van der Waals surface area contributed by atoms with Gasteiger partial charge in [0.15, 0.2) is 0 Å². The predicted molar refractivity (Wildman–Crippen MR) is 64.8 cm³/mol. The molecule has 0 spiro atoms. The molecule has 0 aliphatic heterocycles. The largest absolute Gasteiger partial charge is 0.416 e. The first kappa shape index (κ1) is 12.0. The summed E-state index contributed by atoms with van der Waals surface area (Å²) in [7, 11) is 0. The molecule has 0 radical (unpaired) electrons. The molecule has 0 N–H and O–H groups in total. The van der Waals surface area contributed by atoms with Crippen molar-refractivity contribution in [2.45, 2.75) is 17.9 Å². The van der Waals surface area contributed by atoms with Gasteiger partial charge in [0.1, 0.15) is 0 Å². The van der Waals surface area contributed by atoms with Gasteiger partial charge in [0.2, 0.25) is 5.89 Å². The highest BCUT2D eigenvalue weighted by Crippen LogP contribution is 2.26. The van der Waals surface area contributed by atoms with E-state index in [1.54, 1.807) is 19.1 Å². The molecule has 1 aromatic heterocycles. The van der Waals surface area contributed by atoms with Crippen molar-refractivity contribution in [3.63, 3.8) is 0 Å². The molecule has 0 amide bonds. The second-order valence-corrected chi connectivity index (χ2v) is 4.63. The molecule has 0 saturated heterocycles. The first-order valence-corrected chi connectivity index (χ1v) is 6.17. The summed E-state index contributed by atoms with van der Waals surface area (Å²) in [6.45, 7) is 1.74. The summed E-state index contributed by atoms with van der Waals surface area (Å²) in [4.78, 5) is 0. The molecule has 2 aromatic rings. The molecule has 6 heteroatoms. The third-order valence-electron chi connectivity index (χ3n) is 2.04. The van der Waals surface area contributed by atoms with Gasteiger partial charge in [-0.15, -0.1) is 10.2 Å². The molecule has 2 rings (SSSR count). The third kappa shape index (κ3) is 2.99. The lowest BCUT2D eigenvalue weighted by molar-refractivity contribution is 0.429. The SMILES string of the molecule is Cc1nnc(SCc2ccc(C#N)cc2Cl)o1. The van der Waals surface area contributed by atoms with Crippen LogP contribution >= 0.6 is 23.4 Å². The fourth-order valence-corrected chi connectivity index (χ4v) is 2.35. The lowest BCUT2D eigenvalue weighted by Gasteiger charge is -2.01. The lowest BCUT2D eigenvalue weighted by atomic mass is 10.2. The number of aryl methyl sites for hydroxylation is 1. The Labute approximate surface area is 108 Å². The van der Waals surface area contributed by atoms with Crippen molar-refractivity contribution >= 4 is 23.4 Å². The number of rotatable bonds is 3. The van der Waals surface area contributed by atoms with Crippen molar-refractivity contribution < 1.29 is 4.42 Å². The molecule has 0 aliphatic rings. The van der Waals surface area contributed by atoms with Gasteiger partial charge in [-0.05, 0) is 17.7 Å². The highest BCUT2D eigenvalue weighted by atomic mass is 35.5. The van der Waals surface area contributed by atoms with Crippen LogP contribution in [0, 0.1) is 18.3 Å². The van der Waals surface area contributed by atoms with Crippen LogP contribution in [-0.2, 0) is 5.75 Å². The Hall–Kier alpha value is -1.51. The molecule has 0 saturated carbocycles. The second-order valence-electron chi connectivity index (χ2n) is 3.29. The predicted octanol–water partition coefficient (Wildman–Crippen LogP) is 3.20. The molecular formula is C11H8ClN3OS. The number of aromatic nitrogens is 2. The Balaban J connectivity index is 2.07. The molecule has 0 atom stereocenters. The number of thioether (sulfide) groups is 1. The summed E-state index contributed by atoms with van der Waals surface area (Å²) in [5, 5.41) is 17.4. The summed E-state index contributed by atoms with van der Waals surface area (Å²) in [5.74, 6) is 1.17. The standard InChI is InChI=1S/C11H8ClN3OS/c1-7-14-15-11(16-7)17-6-9-3-2-8(5-13)4-10(9)12/h2-4H,6H2,1H3. The van der Waals surface area contributed by atoms with Gasteiger partial charge in [-0.1, -0.05) is 29.4 Å². The van der Waals surface area contributed by atoms with Crippen LogP contribution in [0.3, 0.4) is 0 Å². The summed E-state index contributed by atoms with van der Waals surface area (Å²) >= 11 is 7.46. The molecule has 17 heavy (non-hydrogen) atoms. The fourth-order valence-electron chi connectivity index (χ4n) is 1.21. The number of benzene rings is 1. The van der Waals surface area contributed by atoms with E-state index in [0.717, 1.165) is 5.56 Å².